The fraction of sp³-hybridized carbons (Fsp3) is 0.533. The highest BCUT2D eigenvalue weighted by Gasteiger charge is 2.23. The number of hydrogen-bond donors (Lipinski definition) is 3. The van der Waals surface area contributed by atoms with E-state index in [0.717, 1.165) is 11.3 Å². The Morgan fingerprint density at radius 2 is 1.90 bits per heavy atom. The predicted octanol–water partition coefficient (Wildman–Crippen LogP) is 1.17. The molecule has 1 amide bonds. The van der Waals surface area contributed by atoms with Crippen LogP contribution in [-0.4, -0.2) is 41.1 Å². The molecule has 1 unspecified atom stereocenters. The number of carbonyl (C=O) groups is 1. The average Bonchev–Trinajstić information content (AvgIpc) is 2.44. The van der Waals surface area contributed by atoms with E-state index < -0.39 is 0 Å². The maximum atomic E-state index is 12.2. The summed E-state index contributed by atoms with van der Waals surface area (Å²) in [5, 5.41) is 12.0. The maximum absolute atomic E-state index is 12.2. The third-order valence-corrected chi connectivity index (χ3v) is 3.36. The first-order valence-electron chi connectivity index (χ1n) is 6.96. The van der Waals surface area contributed by atoms with Gasteiger partial charge in [0.15, 0.2) is 0 Å². The topological polar surface area (TPSA) is 78.6 Å². The molecule has 5 nitrogen and oxygen atoms in total. The van der Waals surface area contributed by atoms with Crippen LogP contribution in [0.4, 0.5) is 5.69 Å². The van der Waals surface area contributed by atoms with Gasteiger partial charge in [-0.2, -0.15) is 0 Å². The van der Waals surface area contributed by atoms with E-state index in [2.05, 4.69) is 5.32 Å². The van der Waals surface area contributed by atoms with Crippen LogP contribution in [-0.2, 0) is 11.3 Å². The zero-order valence-electron chi connectivity index (χ0n) is 12.5. The van der Waals surface area contributed by atoms with Crippen LogP contribution in [0, 0.1) is 0 Å². The van der Waals surface area contributed by atoms with Gasteiger partial charge < -0.3 is 16.2 Å². The highest BCUT2D eigenvalue weighted by Crippen LogP contribution is 2.12. The van der Waals surface area contributed by atoms with Crippen molar-refractivity contribution in [3.63, 3.8) is 0 Å². The van der Waals surface area contributed by atoms with E-state index in [9.17, 15) is 4.79 Å². The Hall–Kier alpha value is -1.43. The van der Waals surface area contributed by atoms with E-state index in [0.29, 0.717) is 13.1 Å². The van der Waals surface area contributed by atoms with Crippen molar-refractivity contribution in [2.45, 2.75) is 39.4 Å². The minimum atomic E-state index is -0.295. The van der Waals surface area contributed by atoms with Crippen LogP contribution in [0.15, 0.2) is 24.3 Å². The summed E-state index contributed by atoms with van der Waals surface area (Å²) < 4.78 is 0. The number of hydrogen-bond acceptors (Lipinski definition) is 4. The molecule has 0 bridgehead atoms. The molecule has 1 rings (SSSR count). The summed E-state index contributed by atoms with van der Waals surface area (Å²) in [4.78, 5) is 14.2. The van der Waals surface area contributed by atoms with Crippen molar-refractivity contribution in [3.05, 3.63) is 29.8 Å². The molecule has 5 heteroatoms. The number of carbonyl (C=O) groups excluding carboxylic acids is 1. The number of amides is 1. The van der Waals surface area contributed by atoms with Gasteiger partial charge in [-0.1, -0.05) is 12.1 Å². The van der Waals surface area contributed by atoms with E-state index in [-0.39, 0.29) is 24.6 Å². The van der Waals surface area contributed by atoms with E-state index in [1.54, 1.807) is 0 Å². The third-order valence-electron chi connectivity index (χ3n) is 3.36. The van der Waals surface area contributed by atoms with Crippen LogP contribution in [0.25, 0.3) is 0 Å². The molecular formula is C15H25N3O2. The van der Waals surface area contributed by atoms with Crippen molar-refractivity contribution in [1.29, 1.82) is 0 Å². The lowest BCUT2D eigenvalue weighted by Gasteiger charge is -2.31. The molecule has 0 aliphatic rings. The van der Waals surface area contributed by atoms with E-state index in [1.165, 1.54) is 0 Å². The number of nitrogens with two attached hydrogens (primary N) is 1. The first-order chi connectivity index (χ1) is 9.49. The fourth-order valence-electron chi connectivity index (χ4n) is 2.14. The zero-order chi connectivity index (χ0) is 15.1. The van der Waals surface area contributed by atoms with Gasteiger partial charge in [0.1, 0.15) is 0 Å². The summed E-state index contributed by atoms with van der Waals surface area (Å²) >= 11 is 0. The van der Waals surface area contributed by atoms with Crippen molar-refractivity contribution in [2.75, 3.05) is 18.5 Å². The molecule has 0 spiro atoms. The Morgan fingerprint density at radius 3 is 2.35 bits per heavy atom. The van der Waals surface area contributed by atoms with E-state index >= 15 is 0 Å². The van der Waals surface area contributed by atoms with Gasteiger partial charge in [-0.15, -0.1) is 0 Å². The quantitative estimate of drug-likeness (QED) is 0.700. The Balaban J connectivity index is 2.68. The third kappa shape index (κ3) is 4.59. The van der Waals surface area contributed by atoms with Gasteiger partial charge in [0.05, 0.1) is 12.6 Å². The van der Waals surface area contributed by atoms with Crippen molar-refractivity contribution in [1.82, 2.24) is 4.90 Å². The van der Waals surface area contributed by atoms with Gasteiger partial charge in [-0.05, 0) is 38.5 Å². The smallest absolute Gasteiger partial charge is 0.241 e. The van der Waals surface area contributed by atoms with Crippen LogP contribution in [0.1, 0.15) is 26.3 Å². The maximum Gasteiger partial charge on any atom is 0.241 e. The Morgan fingerprint density at radius 1 is 1.30 bits per heavy atom. The molecule has 0 heterocycles. The van der Waals surface area contributed by atoms with Crippen molar-refractivity contribution >= 4 is 11.6 Å². The molecule has 0 aromatic heterocycles. The number of anilines is 1. The molecule has 112 valence electrons. The lowest BCUT2D eigenvalue weighted by Crippen LogP contribution is -2.47. The summed E-state index contributed by atoms with van der Waals surface area (Å²) in [6, 6.07) is 7.39. The number of nitrogens with zero attached hydrogens (tertiary/aromatic N) is 1. The summed E-state index contributed by atoms with van der Waals surface area (Å²) in [6.45, 7) is 6.88. The van der Waals surface area contributed by atoms with E-state index in [1.807, 2.05) is 49.9 Å². The molecule has 1 aromatic rings. The second kappa shape index (κ2) is 7.99. The first-order valence-corrected chi connectivity index (χ1v) is 6.96. The Labute approximate surface area is 120 Å². The minimum absolute atomic E-state index is 0.0427. The number of aliphatic hydroxyl groups excluding tert-OH is 1. The lowest BCUT2D eigenvalue weighted by molar-refractivity contribution is -0.121. The van der Waals surface area contributed by atoms with Gasteiger partial charge >= 0.3 is 0 Å². The summed E-state index contributed by atoms with van der Waals surface area (Å²) in [5.41, 5.74) is 7.32. The second-order valence-corrected chi connectivity index (χ2v) is 5.12. The molecule has 0 aliphatic carbocycles. The summed E-state index contributed by atoms with van der Waals surface area (Å²) in [7, 11) is 0. The van der Waals surface area contributed by atoms with Gasteiger partial charge in [0, 0.05) is 24.8 Å². The predicted molar refractivity (Wildman–Crippen MR) is 81.4 cm³/mol. The summed E-state index contributed by atoms with van der Waals surface area (Å²) in [5.74, 6) is -0.0763. The van der Waals surface area contributed by atoms with Crippen molar-refractivity contribution in [3.8, 4) is 0 Å². The van der Waals surface area contributed by atoms with Gasteiger partial charge in [-0.25, -0.2) is 0 Å². The van der Waals surface area contributed by atoms with Gasteiger partial charge in [-0.3, -0.25) is 9.69 Å². The molecule has 1 aromatic carbocycles. The van der Waals surface area contributed by atoms with Crippen molar-refractivity contribution in [2.24, 2.45) is 5.73 Å². The molecule has 0 saturated carbocycles. The Kier molecular flexibility index (Phi) is 6.64. The summed E-state index contributed by atoms with van der Waals surface area (Å²) in [6.07, 6.45) is 0. The lowest BCUT2D eigenvalue weighted by atomic mass is 10.1. The Bertz CT molecular complexity index is 418. The SMILES string of the molecule is CC(C)N(CCO)C(C)C(=O)Nc1ccc(CN)cc1. The highest BCUT2D eigenvalue weighted by atomic mass is 16.3. The number of benzene rings is 1. The highest BCUT2D eigenvalue weighted by molar-refractivity contribution is 5.94. The normalized spacial score (nSPS) is 12.8. The largest absolute Gasteiger partial charge is 0.395 e. The molecule has 0 aliphatic heterocycles. The molecule has 20 heavy (non-hydrogen) atoms. The number of aliphatic hydroxyl groups is 1. The average molecular weight is 279 g/mol. The molecule has 1 atom stereocenters. The number of nitrogens with one attached hydrogen (secondary N) is 1. The molecule has 0 saturated heterocycles. The van der Waals surface area contributed by atoms with Crippen LogP contribution in [0.2, 0.25) is 0 Å². The van der Waals surface area contributed by atoms with Crippen LogP contribution in [0.3, 0.4) is 0 Å². The minimum Gasteiger partial charge on any atom is -0.395 e. The standard InChI is InChI=1S/C15H25N3O2/c1-11(2)18(8-9-19)12(3)15(20)17-14-6-4-13(10-16)5-7-14/h4-7,11-12,19H,8-10,16H2,1-3H3,(H,17,20). The molecule has 0 radical (unpaired) electrons. The van der Waals surface area contributed by atoms with Crippen LogP contribution < -0.4 is 11.1 Å². The van der Waals surface area contributed by atoms with Crippen molar-refractivity contribution < 1.29 is 9.90 Å². The molecule has 0 fully saturated rings. The van der Waals surface area contributed by atoms with Gasteiger partial charge in [0.2, 0.25) is 5.91 Å². The van der Waals surface area contributed by atoms with E-state index in [4.69, 9.17) is 10.8 Å². The monoisotopic (exact) mass is 279 g/mol. The number of rotatable bonds is 7. The first kappa shape index (κ1) is 16.6. The molecule has 4 N–H and O–H groups in total. The molecular weight excluding hydrogens is 254 g/mol. The second-order valence-electron chi connectivity index (χ2n) is 5.12. The fourth-order valence-corrected chi connectivity index (χ4v) is 2.14. The van der Waals surface area contributed by atoms with Crippen LogP contribution >= 0.6 is 0 Å². The van der Waals surface area contributed by atoms with Crippen LogP contribution in [0.5, 0.6) is 0 Å². The zero-order valence-corrected chi connectivity index (χ0v) is 12.5. The van der Waals surface area contributed by atoms with Gasteiger partial charge in [0.25, 0.3) is 0 Å².